The average molecular weight is 372 g/mol. The fourth-order valence-corrected chi connectivity index (χ4v) is 4.23. The van der Waals surface area contributed by atoms with E-state index >= 15 is 0 Å². The molecule has 0 aliphatic carbocycles. The van der Waals surface area contributed by atoms with Crippen molar-refractivity contribution < 1.29 is 8.91 Å². The normalized spacial score (nSPS) is 13.3. The van der Waals surface area contributed by atoms with Gasteiger partial charge in [0.25, 0.3) is 0 Å². The van der Waals surface area contributed by atoms with Crippen LogP contribution in [0.5, 0.6) is 0 Å². The zero-order valence-corrected chi connectivity index (χ0v) is 15.6. The highest BCUT2D eigenvalue weighted by molar-refractivity contribution is 7.99. The summed E-state index contributed by atoms with van der Waals surface area (Å²) in [5.74, 6) is 1.61. The van der Waals surface area contributed by atoms with Crippen LogP contribution in [0.25, 0.3) is 11.0 Å². The van der Waals surface area contributed by atoms with Gasteiger partial charge in [-0.25, -0.2) is 14.4 Å². The third kappa shape index (κ3) is 3.53. The van der Waals surface area contributed by atoms with Gasteiger partial charge in [-0.05, 0) is 31.4 Å². The quantitative estimate of drug-likeness (QED) is 0.618. The standard InChI is InChI=1S/C19H21FN4OS/c1-2-8-24(19-21-12-18-16(22-19)7-10-26-18)9-3-4-15-14-6-5-13(20)11-17(14)25-23-15/h5-6,11-12H,2-4,7-10H2,1H3. The molecule has 0 saturated heterocycles. The summed E-state index contributed by atoms with van der Waals surface area (Å²) in [5.41, 5.74) is 2.55. The lowest BCUT2D eigenvalue weighted by Gasteiger charge is -2.22. The van der Waals surface area contributed by atoms with Gasteiger partial charge in [0.05, 0.1) is 11.4 Å². The Morgan fingerprint density at radius 2 is 2.23 bits per heavy atom. The largest absolute Gasteiger partial charge is 0.356 e. The highest BCUT2D eigenvalue weighted by Gasteiger charge is 2.17. The van der Waals surface area contributed by atoms with Crippen LogP contribution in [0, 0.1) is 5.82 Å². The molecule has 5 nitrogen and oxygen atoms in total. The number of rotatable bonds is 7. The third-order valence-electron chi connectivity index (χ3n) is 4.54. The number of anilines is 1. The van der Waals surface area contributed by atoms with Gasteiger partial charge < -0.3 is 9.42 Å². The molecule has 0 spiro atoms. The molecule has 136 valence electrons. The number of benzene rings is 1. The van der Waals surface area contributed by atoms with Crippen molar-refractivity contribution in [3.63, 3.8) is 0 Å². The van der Waals surface area contributed by atoms with Crippen molar-refractivity contribution in [2.75, 3.05) is 23.7 Å². The molecule has 0 saturated carbocycles. The third-order valence-corrected chi connectivity index (χ3v) is 5.60. The molecule has 1 aliphatic heterocycles. The molecule has 1 aromatic carbocycles. The summed E-state index contributed by atoms with van der Waals surface area (Å²) in [6, 6.07) is 4.57. The first-order valence-electron chi connectivity index (χ1n) is 9.02. The Morgan fingerprint density at radius 1 is 1.31 bits per heavy atom. The molecular formula is C19H21FN4OS. The second-order valence-corrected chi connectivity index (χ2v) is 7.58. The highest BCUT2D eigenvalue weighted by Crippen LogP contribution is 2.30. The predicted octanol–water partition coefficient (Wildman–Crippen LogP) is 4.25. The number of thioether (sulfide) groups is 1. The molecule has 3 aromatic rings. The average Bonchev–Trinajstić information content (AvgIpc) is 3.27. The summed E-state index contributed by atoms with van der Waals surface area (Å²) in [5, 5.41) is 4.99. The van der Waals surface area contributed by atoms with Crippen LogP contribution in [0.2, 0.25) is 0 Å². The molecule has 0 atom stereocenters. The lowest BCUT2D eigenvalue weighted by Crippen LogP contribution is -2.28. The monoisotopic (exact) mass is 372 g/mol. The van der Waals surface area contributed by atoms with E-state index in [2.05, 4.69) is 22.0 Å². The SMILES string of the molecule is CCCN(CCCc1noc2cc(F)ccc12)c1ncc2c(n1)CCS2. The Hall–Kier alpha value is -2.15. The Kier molecular flexibility index (Phi) is 5.06. The van der Waals surface area contributed by atoms with Gasteiger partial charge in [0, 0.05) is 47.8 Å². The predicted molar refractivity (Wildman–Crippen MR) is 101 cm³/mol. The molecule has 26 heavy (non-hydrogen) atoms. The first kappa shape index (κ1) is 17.3. The van der Waals surface area contributed by atoms with Crippen LogP contribution in [0.1, 0.15) is 31.2 Å². The smallest absolute Gasteiger partial charge is 0.225 e. The molecule has 0 N–H and O–H groups in total. The number of hydrogen-bond acceptors (Lipinski definition) is 6. The van der Waals surface area contributed by atoms with Crippen LogP contribution >= 0.6 is 11.8 Å². The lowest BCUT2D eigenvalue weighted by molar-refractivity contribution is 0.443. The lowest BCUT2D eigenvalue weighted by atomic mass is 10.1. The van der Waals surface area contributed by atoms with Gasteiger partial charge >= 0.3 is 0 Å². The molecule has 0 bridgehead atoms. The number of aromatic nitrogens is 3. The van der Waals surface area contributed by atoms with Crippen molar-refractivity contribution in [3.8, 4) is 0 Å². The van der Waals surface area contributed by atoms with Crippen LogP contribution in [-0.2, 0) is 12.8 Å². The summed E-state index contributed by atoms with van der Waals surface area (Å²) >= 11 is 1.83. The number of nitrogens with zero attached hydrogens (tertiary/aromatic N) is 4. The van der Waals surface area contributed by atoms with Gasteiger partial charge in [0.15, 0.2) is 5.58 Å². The van der Waals surface area contributed by atoms with Gasteiger partial charge in [-0.2, -0.15) is 0 Å². The topological polar surface area (TPSA) is 55.1 Å². The maximum Gasteiger partial charge on any atom is 0.225 e. The van der Waals surface area contributed by atoms with Crippen LogP contribution in [0.15, 0.2) is 33.8 Å². The van der Waals surface area contributed by atoms with E-state index in [1.165, 1.54) is 22.7 Å². The van der Waals surface area contributed by atoms with Crippen molar-refractivity contribution in [2.24, 2.45) is 0 Å². The maximum atomic E-state index is 13.3. The molecule has 3 heterocycles. The summed E-state index contributed by atoms with van der Waals surface area (Å²) < 4.78 is 18.5. The minimum atomic E-state index is -0.304. The zero-order valence-electron chi connectivity index (χ0n) is 14.7. The van der Waals surface area contributed by atoms with Crippen molar-refractivity contribution in [1.29, 1.82) is 0 Å². The van der Waals surface area contributed by atoms with Gasteiger partial charge in [-0.1, -0.05) is 12.1 Å². The minimum absolute atomic E-state index is 0.304. The molecular weight excluding hydrogens is 351 g/mol. The van der Waals surface area contributed by atoms with Gasteiger partial charge in [-0.15, -0.1) is 11.8 Å². The molecule has 7 heteroatoms. The number of hydrogen-bond donors (Lipinski definition) is 0. The van der Waals surface area contributed by atoms with E-state index in [4.69, 9.17) is 9.51 Å². The second kappa shape index (κ2) is 7.61. The number of aryl methyl sites for hydroxylation is 2. The molecule has 2 aromatic heterocycles. The Bertz CT molecular complexity index is 914. The maximum absolute atomic E-state index is 13.3. The van der Waals surface area contributed by atoms with E-state index in [1.54, 1.807) is 6.07 Å². The summed E-state index contributed by atoms with van der Waals surface area (Å²) in [4.78, 5) is 12.8. The molecule has 1 aliphatic rings. The van der Waals surface area contributed by atoms with Crippen molar-refractivity contribution in [3.05, 3.63) is 41.6 Å². The Morgan fingerprint density at radius 3 is 3.12 bits per heavy atom. The summed E-state index contributed by atoms with van der Waals surface area (Å²) in [6.07, 6.45) is 5.71. The van der Waals surface area contributed by atoms with Crippen LogP contribution in [-0.4, -0.2) is 34.0 Å². The number of halogens is 1. The van der Waals surface area contributed by atoms with Crippen molar-refractivity contribution >= 4 is 28.7 Å². The van der Waals surface area contributed by atoms with Gasteiger partial charge in [0.1, 0.15) is 5.82 Å². The van der Waals surface area contributed by atoms with Crippen LogP contribution < -0.4 is 4.90 Å². The highest BCUT2D eigenvalue weighted by atomic mass is 32.2. The van der Waals surface area contributed by atoms with Crippen LogP contribution in [0.4, 0.5) is 10.3 Å². The number of fused-ring (bicyclic) bond motifs is 2. The van der Waals surface area contributed by atoms with Crippen molar-refractivity contribution in [1.82, 2.24) is 15.1 Å². The first-order valence-corrected chi connectivity index (χ1v) is 10.0. The molecule has 0 fully saturated rings. The first-order chi connectivity index (χ1) is 12.7. The van der Waals surface area contributed by atoms with Crippen molar-refractivity contribution in [2.45, 2.75) is 37.5 Å². The molecule has 0 unspecified atom stereocenters. The van der Waals surface area contributed by atoms with E-state index in [0.29, 0.717) is 5.58 Å². The van der Waals surface area contributed by atoms with Gasteiger partial charge in [0.2, 0.25) is 5.95 Å². The van der Waals surface area contributed by atoms with Crippen LogP contribution in [0.3, 0.4) is 0 Å². The second-order valence-electron chi connectivity index (χ2n) is 6.44. The summed E-state index contributed by atoms with van der Waals surface area (Å²) in [6.45, 7) is 3.95. The van der Waals surface area contributed by atoms with E-state index < -0.39 is 0 Å². The minimum Gasteiger partial charge on any atom is -0.356 e. The fraction of sp³-hybridized carbons (Fsp3) is 0.421. The van der Waals surface area contributed by atoms with E-state index in [1.807, 2.05) is 18.0 Å². The molecule has 0 amide bonds. The zero-order chi connectivity index (χ0) is 17.9. The Balaban J connectivity index is 1.44. The summed E-state index contributed by atoms with van der Waals surface area (Å²) in [7, 11) is 0. The molecule has 4 rings (SSSR count). The van der Waals surface area contributed by atoms with E-state index in [-0.39, 0.29) is 5.82 Å². The Labute approximate surface area is 156 Å². The van der Waals surface area contributed by atoms with Gasteiger partial charge in [-0.3, -0.25) is 0 Å². The fourth-order valence-electron chi connectivity index (χ4n) is 3.27. The van der Waals surface area contributed by atoms with E-state index in [0.717, 1.165) is 61.6 Å². The molecule has 0 radical (unpaired) electrons. The van der Waals surface area contributed by atoms with E-state index in [9.17, 15) is 4.39 Å².